The van der Waals surface area contributed by atoms with E-state index >= 15 is 0 Å². The first-order chi connectivity index (χ1) is 5.57. The van der Waals surface area contributed by atoms with E-state index < -0.39 is 36.3 Å². The third-order valence-electron chi connectivity index (χ3n) is 1.48. The Morgan fingerprint density at radius 3 is 2.21 bits per heavy atom. The van der Waals surface area contributed by atoms with E-state index in [0.29, 0.717) is 0 Å². The number of ether oxygens (including phenoxy) is 1. The van der Waals surface area contributed by atoms with Crippen molar-refractivity contribution in [1.82, 2.24) is 0 Å². The molecule has 1 heterocycles. The van der Waals surface area contributed by atoms with E-state index in [4.69, 9.17) is 20.4 Å². The van der Waals surface area contributed by atoms with Crippen molar-refractivity contribution < 1.29 is 68.7 Å². The van der Waals surface area contributed by atoms with Crippen LogP contribution in [-0.2, 0) is 48.3 Å². The van der Waals surface area contributed by atoms with Crippen LogP contribution in [0, 0.1) is 0 Å². The van der Waals surface area contributed by atoms with Crippen molar-refractivity contribution in [3.8, 4) is 0 Å². The van der Waals surface area contributed by atoms with Gasteiger partial charge in [-0.3, -0.25) is 0 Å². The Hall–Kier alpha value is -0.0362. The maximum atomic E-state index is 10.5. The Bertz CT molecular complexity index is 242. The number of esters is 1. The SMILES string of the molecule is O=C1O[C@H]([C@@H](O)CO)C(O)=C1O.[Cu].[Ti]. The number of aliphatic hydroxyl groups excluding tert-OH is 4. The number of carbonyl (C=O) groups is 1. The number of aliphatic hydroxyl groups is 4. The van der Waals surface area contributed by atoms with Crippen LogP contribution in [0.25, 0.3) is 0 Å². The summed E-state index contributed by atoms with van der Waals surface area (Å²) >= 11 is 0. The molecule has 0 fully saturated rings. The van der Waals surface area contributed by atoms with Gasteiger partial charge >= 0.3 is 5.97 Å². The van der Waals surface area contributed by atoms with Gasteiger partial charge < -0.3 is 25.2 Å². The monoisotopic (exact) mass is 287 g/mol. The van der Waals surface area contributed by atoms with Crippen LogP contribution in [0.2, 0.25) is 0 Å². The molecule has 1 radical (unpaired) electrons. The quantitative estimate of drug-likeness (QED) is 0.367. The molecule has 0 amide bonds. The molecule has 83 valence electrons. The van der Waals surface area contributed by atoms with Gasteiger partial charge in [-0.2, -0.15) is 0 Å². The van der Waals surface area contributed by atoms with E-state index in [2.05, 4.69) is 4.74 Å². The summed E-state index contributed by atoms with van der Waals surface area (Å²) < 4.78 is 4.32. The van der Waals surface area contributed by atoms with Gasteiger partial charge in [0.25, 0.3) is 0 Å². The Balaban J connectivity index is 0. The molecule has 0 aromatic rings. The fraction of sp³-hybridized carbons (Fsp3) is 0.500. The molecular weight excluding hydrogens is 279 g/mol. The fourth-order valence-electron chi connectivity index (χ4n) is 0.823. The zero-order chi connectivity index (χ0) is 9.30. The molecule has 0 aromatic heterocycles. The van der Waals surface area contributed by atoms with Crippen molar-refractivity contribution in [2.75, 3.05) is 6.61 Å². The van der Waals surface area contributed by atoms with E-state index in [0.717, 1.165) is 0 Å². The molecule has 0 spiro atoms. The first kappa shape index (κ1) is 16.4. The summed E-state index contributed by atoms with van der Waals surface area (Å²) in [6.07, 6.45) is -2.78. The molecule has 1 rings (SSSR count). The van der Waals surface area contributed by atoms with Crippen LogP contribution in [0.1, 0.15) is 0 Å². The molecule has 14 heavy (non-hydrogen) atoms. The summed E-state index contributed by atoms with van der Waals surface area (Å²) in [6, 6.07) is 0. The second kappa shape index (κ2) is 6.45. The van der Waals surface area contributed by atoms with Gasteiger partial charge in [0.15, 0.2) is 11.9 Å². The minimum absolute atomic E-state index is 0. The van der Waals surface area contributed by atoms with Gasteiger partial charge in [-0.05, 0) is 0 Å². The maximum absolute atomic E-state index is 10.5. The first-order valence-electron chi connectivity index (χ1n) is 3.20. The van der Waals surface area contributed by atoms with Crippen molar-refractivity contribution in [3.05, 3.63) is 11.5 Å². The molecule has 2 atom stereocenters. The minimum Gasteiger partial charge on any atom is -0.505 e. The van der Waals surface area contributed by atoms with Gasteiger partial charge in [-0.1, -0.05) is 0 Å². The summed E-state index contributed by atoms with van der Waals surface area (Å²) in [5, 5.41) is 35.0. The van der Waals surface area contributed by atoms with E-state index in [1.807, 2.05) is 0 Å². The predicted octanol–water partition coefficient (Wildman–Crippen LogP) is -1.41. The van der Waals surface area contributed by atoms with E-state index in [1.165, 1.54) is 0 Å². The normalized spacial score (nSPS) is 22.1. The molecule has 0 unspecified atom stereocenters. The van der Waals surface area contributed by atoms with Crippen LogP contribution in [0.15, 0.2) is 11.5 Å². The number of rotatable bonds is 2. The Morgan fingerprint density at radius 1 is 1.43 bits per heavy atom. The fourth-order valence-corrected chi connectivity index (χ4v) is 0.823. The van der Waals surface area contributed by atoms with Crippen molar-refractivity contribution in [1.29, 1.82) is 0 Å². The molecule has 1 aliphatic heterocycles. The standard InChI is InChI=1S/C6H8O6.Cu.Ti/c7-1-2(8)5-3(9)4(10)6(11)12-5;;/h2,5,7-10H,1H2;;/t2-,5+;;/m0../s1. The predicted molar refractivity (Wildman–Crippen MR) is 35.3 cm³/mol. The molecule has 0 aliphatic carbocycles. The average Bonchev–Trinajstić information content (AvgIpc) is 2.32. The molecule has 0 saturated carbocycles. The zero-order valence-electron chi connectivity index (χ0n) is 6.77. The first-order valence-corrected chi connectivity index (χ1v) is 3.20. The maximum Gasteiger partial charge on any atom is 0.377 e. The number of hydrogen-bond donors (Lipinski definition) is 4. The van der Waals surface area contributed by atoms with Crippen LogP contribution in [0.4, 0.5) is 0 Å². The third-order valence-corrected chi connectivity index (χ3v) is 1.48. The second-order valence-corrected chi connectivity index (χ2v) is 2.31. The van der Waals surface area contributed by atoms with Crippen molar-refractivity contribution in [2.24, 2.45) is 0 Å². The number of carbonyl (C=O) groups excluding carboxylic acids is 1. The van der Waals surface area contributed by atoms with Crippen molar-refractivity contribution in [2.45, 2.75) is 12.2 Å². The van der Waals surface area contributed by atoms with Gasteiger partial charge in [0.1, 0.15) is 6.10 Å². The van der Waals surface area contributed by atoms with Gasteiger partial charge in [0.2, 0.25) is 5.76 Å². The molecule has 1 aliphatic rings. The molecule has 0 saturated heterocycles. The molecule has 6 nitrogen and oxygen atoms in total. The van der Waals surface area contributed by atoms with Crippen LogP contribution in [-0.4, -0.2) is 45.2 Å². The van der Waals surface area contributed by atoms with E-state index in [9.17, 15) is 4.79 Å². The molecule has 4 N–H and O–H groups in total. The smallest absolute Gasteiger partial charge is 0.377 e. The molecule has 0 aromatic carbocycles. The topological polar surface area (TPSA) is 107 Å². The number of hydrogen-bond acceptors (Lipinski definition) is 6. The molecular formula is C6H8CuO6Ti. The summed E-state index contributed by atoms with van der Waals surface area (Å²) in [4.78, 5) is 10.5. The largest absolute Gasteiger partial charge is 0.505 e. The van der Waals surface area contributed by atoms with Gasteiger partial charge in [-0.25, -0.2) is 4.79 Å². The zero-order valence-corrected chi connectivity index (χ0v) is 9.27. The minimum atomic E-state index is -1.42. The number of cyclic esters (lactones) is 1. The van der Waals surface area contributed by atoms with Gasteiger partial charge in [0.05, 0.1) is 6.61 Å². The summed E-state index contributed by atoms with van der Waals surface area (Å²) in [5.41, 5.74) is 0. The summed E-state index contributed by atoms with van der Waals surface area (Å²) in [6.45, 7) is -0.671. The Kier molecular flexibility index (Phi) is 7.55. The average molecular weight is 288 g/mol. The van der Waals surface area contributed by atoms with Gasteiger partial charge in [-0.15, -0.1) is 0 Å². The summed E-state index contributed by atoms with van der Waals surface area (Å²) in [7, 11) is 0. The Labute approximate surface area is 105 Å². The van der Waals surface area contributed by atoms with Crippen molar-refractivity contribution >= 4 is 5.97 Å². The van der Waals surface area contributed by atoms with Crippen LogP contribution in [0.5, 0.6) is 0 Å². The van der Waals surface area contributed by atoms with Gasteiger partial charge in [0, 0.05) is 38.8 Å². The third kappa shape index (κ3) is 2.98. The second-order valence-electron chi connectivity index (χ2n) is 2.31. The molecule has 0 bridgehead atoms. The van der Waals surface area contributed by atoms with Crippen LogP contribution < -0.4 is 0 Å². The van der Waals surface area contributed by atoms with E-state index in [-0.39, 0.29) is 38.8 Å². The van der Waals surface area contributed by atoms with Crippen LogP contribution in [0.3, 0.4) is 0 Å². The molecule has 8 heteroatoms. The van der Waals surface area contributed by atoms with Crippen LogP contribution >= 0.6 is 0 Å². The Morgan fingerprint density at radius 2 is 1.93 bits per heavy atom. The van der Waals surface area contributed by atoms with E-state index in [1.54, 1.807) is 0 Å². The van der Waals surface area contributed by atoms with Crippen molar-refractivity contribution in [3.63, 3.8) is 0 Å². The summed E-state index contributed by atoms with van der Waals surface area (Å²) in [5.74, 6) is -2.78.